The fourth-order valence-electron chi connectivity index (χ4n) is 2.56. The van der Waals surface area contributed by atoms with Crippen LogP contribution in [0.25, 0.3) is 0 Å². The predicted octanol–water partition coefficient (Wildman–Crippen LogP) is 3.27. The van der Waals surface area contributed by atoms with Crippen LogP contribution in [-0.4, -0.2) is 23.8 Å². The van der Waals surface area contributed by atoms with Crippen molar-refractivity contribution < 1.29 is 14.4 Å². The smallest absolute Gasteiger partial charge is 0.255 e. The molecule has 2 aromatic carbocycles. The fraction of sp³-hybridized carbons (Fsp3) is 0.286. The highest BCUT2D eigenvalue weighted by Gasteiger charge is 2.10. The van der Waals surface area contributed by atoms with E-state index < -0.39 is 0 Å². The Balaban J connectivity index is 2.03. The summed E-state index contributed by atoms with van der Waals surface area (Å²) in [5.41, 5.74) is 3.45. The molecule has 142 valence electrons. The van der Waals surface area contributed by atoms with Gasteiger partial charge < -0.3 is 16.0 Å². The average molecular weight is 367 g/mol. The highest BCUT2D eigenvalue weighted by atomic mass is 16.2. The summed E-state index contributed by atoms with van der Waals surface area (Å²) in [6, 6.07) is 12.4. The molecule has 0 saturated heterocycles. The minimum absolute atomic E-state index is 0.0352. The fourth-order valence-corrected chi connectivity index (χ4v) is 2.56. The van der Waals surface area contributed by atoms with Gasteiger partial charge in [0, 0.05) is 29.9 Å². The molecule has 0 bridgehead atoms. The van der Waals surface area contributed by atoms with E-state index in [-0.39, 0.29) is 23.8 Å². The predicted molar refractivity (Wildman–Crippen MR) is 107 cm³/mol. The van der Waals surface area contributed by atoms with Gasteiger partial charge in [-0.25, -0.2) is 0 Å². The summed E-state index contributed by atoms with van der Waals surface area (Å²) in [6.07, 6.45) is 0.296. The van der Waals surface area contributed by atoms with Gasteiger partial charge in [0.25, 0.3) is 5.91 Å². The van der Waals surface area contributed by atoms with Crippen molar-refractivity contribution in [2.45, 2.75) is 40.2 Å². The highest BCUT2D eigenvalue weighted by molar-refractivity contribution is 6.05. The van der Waals surface area contributed by atoms with Crippen molar-refractivity contribution in [3.63, 3.8) is 0 Å². The lowest BCUT2D eigenvalue weighted by atomic mass is 10.1. The topological polar surface area (TPSA) is 87.3 Å². The Morgan fingerprint density at radius 1 is 0.963 bits per heavy atom. The number of nitrogens with one attached hydrogen (secondary N) is 3. The maximum atomic E-state index is 12.5. The molecule has 0 unspecified atom stereocenters. The molecule has 3 N–H and O–H groups in total. The second kappa shape index (κ2) is 8.98. The Hall–Kier alpha value is -3.15. The van der Waals surface area contributed by atoms with Gasteiger partial charge in [0.2, 0.25) is 11.8 Å². The summed E-state index contributed by atoms with van der Waals surface area (Å²) in [4.78, 5) is 35.5. The number of hydrogen-bond acceptors (Lipinski definition) is 3. The summed E-state index contributed by atoms with van der Waals surface area (Å²) in [7, 11) is 0. The largest absolute Gasteiger partial charge is 0.354 e. The molecule has 0 heterocycles. The van der Waals surface area contributed by atoms with Gasteiger partial charge in [0.05, 0.1) is 6.42 Å². The van der Waals surface area contributed by atoms with Gasteiger partial charge in [0.15, 0.2) is 0 Å². The van der Waals surface area contributed by atoms with E-state index in [1.54, 1.807) is 30.3 Å². The first kappa shape index (κ1) is 20.2. The Bertz CT molecular complexity index is 842. The molecule has 3 amide bonds. The van der Waals surface area contributed by atoms with E-state index in [0.29, 0.717) is 23.4 Å². The van der Waals surface area contributed by atoms with Gasteiger partial charge in [-0.15, -0.1) is 0 Å². The number of aryl methyl sites for hydroxylation is 1. The number of carbonyl (C=O) groups is 3. The minimum atomic E-state index is -0.271. The normalized spacial score (nSPS) is 10.4. The van der Waals surface area contributed by atoms with E-state index in [1.807, 2.05) is 32.9 Å². The van der Waals surface area contributed by atoms with Crippen LogP contribution in [0.4, 0.5) is 11.4 Å². The summed E-state index contributed by atoms with van der Waals surface area (Å²) in [5, 5.41) is 8.38. The van der Waals surface area contributed by atoms with Crippen LogP contribution < -0.4 is 16.0 Å². The number of anilines is 2. The molecule has 0 spiro atoms. The van der Waals surface area contributed by atoms with Crippen LogP contribution in [-0.2, 0) is 16.0 Å². The summed E-state index contributed by atoms with van der Waals surface area (Å²) < 4.78 is 0. The van der Waals surface area contributed by atoms with Crippen molar-refractivity contribution in [1.29, 1.82) is 0 Å². The second-order valence-electron chi connectivity index (χ2n) is 6.76. The maximum Gasteiger partial charge on any atom is 0.255 e. The molecule has 0 aromatic heterocycles. The molecule has 0 saturated carbocycles. The van der Waals surface area contributed by atoms with E-state index in [4.69, 9.17) is 0 Å². The molecule has 0 aliphatic carbocycles. The van der Waals surface area contributed by atoms with Crippen molar-refractivity contribution in [2.24, 2.45) is 0 Å². The molecule has 0 aliphatic rings. The molecular weight excluding hydrogens is 342 g/mol. The van der Waals surface area contributed by atoms with Crippen LogP contribution in [0, 0.1) is 6.92 Å². The first-order valence-corrected chi connectivity index (χ1v) is 8.82. The zero-order chi connectivity index (χ0) is 20.0. The van der Waals surface area contributed by atoms with Crippen molar-refractivity contribution >= 4 is 29.1 Å². The van der Waals surface area contributed by atoms with Crippen LogP contribution in [0.3, 0.4) is 0 Å². The lowest BCUT2D eigenvalue weighted by Gasteiger charge is -2.11. The van der Waals surface area contributed by atoms with Crippen LogP contribution in [0.15, 0.2) is 42.5 Å². The molecular formula is C21H25N3O3. The van der Waals surface area contributed by atoms with Crippen LogP contribution >= 0.6 is 0 Å². The van der Waals surface area contributed by atoms with E-state index in [2.05, 4.69) is 16.0 Å². The Morgan fingerprint density at radius 3 is 2.22 bits per heavy atom. The van der Waals surface area contributed by atoms with Gasteiger partial charge in [0.1, 0.15) is 0 Å². The number of hydrogen-bond donors (Lipinski definition) is 3. The quantitative estimate of drug-likeness (QED) is 0.732. The summed E-state index contributed by atoms with van der Waals surface area (Å²) >= 11 is 0. The number of carbonyl (C=O) groups excluding carboxylic acids is 3. The van der Waals surface area contributed by atoms with Crippen molar-refractivity contribution in [1.82, 2.24) is 5.32 Å². The second-order valence-corrected chi connectivity index (χ2v) is 6.76. The van der Waals surface area contributed by atoms with Gasteiger partial charge >= 0.3 is 0 Å². The molecule has 0 atom stereocenters. The summed E-state index contributed by atoms with van der Waals surface area (Å²) in [5.74, 6) is -0.494. The third kappa shape index (κ3) is 6.26. The van der Waals surface area contributed by atoms with Crippen molar-refractivity contribution in [3.05, 3.63) is 59.2 Å². The number of amides is 3. The molecule has 27 heavy (non-hydrogen) atoms. The Morgan fingerprint density at radius 2 is 1.63 bits per heavy atom. The van der Waals surface area contributed by atoms with Crippen LogP contribution in [0.5, 0.6) is 0 Å². The zero-order valence-corrected chi connectivity index (χ0v) is 16.1. The average Bonchev–Trinajstić information content (AvgIpc) is 2.57. The minimum Gasteiger partial charge on any atom is -0.354 e. The summed E-state index contributed by atoms with van der Waals surface area (Å²) in [6.45, 7) is 7.12. The number of rotatable bonds is 6. The van der Waals surface area contributed by atoms with Crippen LogP contribution in [0.1, 0.15) is 42.3 Å². The lowest BCUT2D eigenvalue weighted by molar-refractivity contribution is -0.121. The first-order valence-electron chi connectivity index (χ1n) is 8.82. The third-order valence-electron chi connectivity index (χ3n) is 3.84. The van der Waals surface area contributed by atoms with E-state index in [0.717, 1.165) is 11.1 Å². The molecule has 0 aliphatic heterocycles. The van der Waals surface area contributed by atoms with Crippen molar-refractivity contribution in [2.75, 3.05) is 10.6 Å². The van der Waals surface area contributed by atoms with Crippen LogP contribution in [0.2, 0.25) is 0 Å². The third-order valence-corrected chi connectivity index (χ3v) is 3.84. The molecule has 2 rings (SSSR count). The monoisotopic (exact) mass is 367 g/mol. The maximum absolute atomic E-state index is 12.5. The molecule has 6 heteroatoms. The lowest BCUT2D eigenvalue weighted by Crippen LogP contribution is -2.31. The SMILES string of the molecule is CC(=O)Nc1cc(C(=O)Nc2ccc(CC(=O)NC(C)C)cc2)ccc1C. The van der Waals surface area contributed by atoms with E-state index >= 15 is 0 Å². The standard InChI is InChI=1S/C21H25N3O3/c1-13(2)22-20(26)11-16-6-9-18(10-7-16)24-21(27)17-8-5-14(3)19(12-17)23-15(4)25/h5-10,12-13H,11H2,1-4H3,(H,22,26)(H,23,25)(H,24,27). The molecule has 0 fully saturated rings. The molecule has 6 nitrogen and oxygen atoms in total. The van der Waals surface area contributed by atoms with Gasteiger partial charge in [-0.2, -0.15) is 0 Å². The Kier molecular flexibility index (Phi) is 6.71. The molecule has 0 radical (unpaired) electrons. The van der Waals surface area contributed by atoms with Gasteiger partial charge in [-0.3, -0.25) is 14.4 Å². The first-order chi connectivity index (χ1) is 12.7. The zero-order valence-electron chi connectivity index (χ0n) is 16.1. The van der Waals surface area contributed by atoms with Gasteiger partial charge in [-0.05, 0) is 56.2 Å². The highest BCUT2D eigenvalue weighted by Crippen LogP contribution is 2.18. The van der Waals surface area contributed by atoms with E-state index in [9.17, 15) is 14.4 Å². The molecule has 2 aromatic rings. The van der Waals surface area contributed by atoms with Gasteiger partial charge in [-0.1, -0.05) is 18.2 Å². The van der Waals surface area contributed by atoms with Crippen molar-refractivity contribution in [3.8, 4) is 0 Å². The Labute approximate surface area is 159 Å². The number of benzene rings is 2. The van der Waals surface area contributed by atoms with E-state index in [1.165, 1.54) is 6.92 Å².